The molecule has 1 saturated heterocycles. The number of nitrogens with zero attached hydrogens (tertiary/aromatic N) is 4. The summed E-state index contributed by atoms with van der Waals surface area (Å²) in [4.78, 5) is 12.8. The average molecular weight is 339 g/mol. The first-order chi connectivity index (χ1) is 11.7. The van der Waals surface area contributed by atoms with E-state index in [1.165, 1.54) is 16.0 Å². The van der Waals surface area contributed by atoms with E-state index in [4.69, 9.17) is 0 Å². The number of thiophene rings is 1. The Labute approximate surface area is 145 Å². The lowest BCUT2D eigenvalue weighted by Crippen LogP contribution is -2.47. The average Bonchev–Trinajstić information content (AvgIpc) is 3.03. The Morgan fingerprint density at radius 2 is 1.96 bits per heavy atom. The van der Waals surface area contributed by atoms with E-state index >= 15 is 0 Å². The highest BCUT2D eigenvalue weighted by Crippen LogP contribution is 2.29. The molecule has 24 heavy (non-hydrogen) atoms. The lowest BCUT2D eigenvalue weighted by atomic mass is 10.1. The van der Waals surface area contributed by atoms with Crippen molar-refractivity contribution in [2.75, 3.05) is 38.7 Å². The number of fused-ring (bicyclic) bond motifs is 1. The Bertz CT molecular complexity index is 851. The van der Waals surface area contributed by atoms with Gasteiger partial charge in [-0.15, -0.1) is 11.3 Å². The smallest absolute Gasteiger partial charge is 0.238 e. The van der Waals surface area contributed by atoms with Crippen LogP contribution in [0.15, 0.2) is 35.8 Å². The molecule has 5 nitrogen and oxygen atoms in total. The van der Waals surface area contributed by atoms with Crippen LogP contribution in [0.4, 0.5) is 5.95 Å². The molecular weight excluding hydrogens is 318 g/mol. The molecule has 0 spiro atoms. The monoisotopic (exact) mass is 339 g/mol. The quantitative estimate of drug-likeness (QED) is 0.794. The van der Waals surface area contributed by atoms with Gasteiger partial charge >= 0.3 is 0 Å². The summed E-state index contributed by atoms with van der Waals surface area (Å²) in [6.07, 6.45) is 1.91. The molecule has 124 valence electrons. The van der Waals surface area contributed by atoms with Gasteiger partial charge in [-0.1, -0.05) is 6.07 Å². The third-order valence-electron chi connectivity index (χ3n) is 4.36. The zero-order valence-corrected chi connectivity index (χ0v) is 14.8. The molecule has 3 aromatic rings. The van der Waals surface area contributed by atoms with Crippen LogP contribution in [-0.2, 0) is 0 Å². The molecule has 3 heterocycles. The zero-order valence-electron chi connectivity index (χ0n) is 14.0. The van der Waals surface area contributed by atoms with Gasteiger partial charge in [0.1, 0.15) is 0 Å². The molecule has 0 radical (unpaired) electrons. The Morgan fingerprint density at radius 1 is 1.12 bits per heavy atom. The lowest BCUT2D eigenvalue weighted by Gasteiger charge is -2.32. The van der Waals surface area contributed by atoms with Crippen LogP contribution in [-0.4, -0.2) is 53.1 Å². The van der Waals surface area contributed by atoms with Crippen molar-refractivity contribution in [1.29, 1.82) is 0 Å². The predicted molar refractivity (Wildman–Crippen MR) is 100 cm³/mol. The Balaban J connectivity index is 1.55. The zero-order chi connectivity index (χ0) is 16.5. The van der Waals surface area contributed by atoms with Crippen molar-refractivity contribution < 1.29 is 0 Å². The van der Waals surface area contributed by atoms with Gasteiger partial charge in [-0.2, -0.15) is 0 Å². The standard InChI is InChI=1S/C18H21N5S/c1-13-9-17(24-12-13)14-3-4-16-15(10-14)11-19-18(20-16)21-23-7-5-22(2)6-8-23/h3-4,9-12H,5-8H2,1-2H3,(H,19,20,21). The summed E-state index contributed by atoms with van der Waals surface area (Å²) in [6.45, 7) is 6.21. The van der Waals surface area contributed by atoms with Crippen molar-refractivity contribution in [2.24, 2.45) is 0 Å². The van der Waals surface area contributed by atoms with E-state index < -0.39 is 0 Å². The van der Waals surface area contributed by atoms with Crippen molar-refractivity contribution in [3.8, 4) is 10.4 Å². The molecule has 0 aliphatic carbocycles. The number of nitrogens with one attached hydrogen (secondary N) is 1. The first-order valence-corrected chi connectivity index (χ1v) is 9.08. The summed E-state index contributed by atoms with van der Waals surface area (Å²) in [5, 5.41) is 5.44. The van der Waals surface area contributed by atoms with Crippen molar-refractivity contribution in [1.82, 2.24) is 19.9 Å². The molecule has 2 aromatic heterocycles. The summed E-state index contributed by atoms with van der Waals surface area (Å²) >= 11 is 1.77. The molecule has 1 fully saturated rings. The maximum Gasteiger partial charge on any atom is 0.238 e. The molecular formula is C18H21N5S. The van der Waals surface area contributed by atoms with Crippen LogP contribution in [0, 0.1) is 6.92 Å². The number of aromatic nitrogens is 2. The van der Waals surface area contributed by atoms with Gasteiger partial charge in [0.25, 0.3) is 0 Å². The molecule has 1 aromatic carbocycles. The van der Waals surface area contributed by atoms with Gasteiger partial charge in [0.05, 0.1) is 5.52 Å². The first kappa shape index (κ1) is 15.5. The van der Waals surface area contributed by atoms with Crippen molar-refractivity contribution in [3.05, 3.63) is 41.4 Å². The van der Waals surface area contributed by atoms with Crippen LogP contribution in [0.1, 0.15) is 5.56 Å². The molecule has 0 unspecified atom stereocenters. The summed E-state index contributed by atoms with van der Waals surface area (Å²) in [6, 6.07) is 8.60. The van der Waals surface area contributed by atoms with Crippen molar-refractivity contribution in [3.63, 3.8) is 0 Å². The molecule has 0 amide bonds. The van der Waals surface area contributed by atoms with Crippen molar-refractivity contribution >= 4 is 28.2 Å². The van der Waals surface area contributed by atoms with E-state index in [0.29, 0.717) is 5.95 Å². The maximum absolute atomic E-state index is 4.65. The predicted octanol–water partition coefficient (Wildman–Crippen LogP) is 3.24. The van der Waals surface area contributed by atoms with Gasteiger partial charge in [-0.05, 0) is 48.7 Å². The third kappa shape index (κ3) is 3.26. The van der Waals surface area contributed by atoms with Crippen LogP contribution < -0.4 is 5.43 Å². The fraction of sp³-hybridized carbons (Fsp3) is 0.333. The van der Waals surface area contributed by atoms with Gasteiger partial charge in [-0.25, -0.2) is 15.0 Å². The number of benzene rings is 1. The van der Waals surface area contributed by atoms with Crippen LogP contribution in [0.5, 0.6) is 0 Å². The second-order valence-corrected chi connectivity index (χ2v) is 7.27. The minimum Gasteiger partial charge on any atom is -0.304 e. The summed E-state index contributed by atoms with van der Waals surface area (Å²) in [5.41, 5.74) is 6.83. The number of piperazine rings is 1. The Morgan fingerprint density at radius 3 is 2.71 bits per heavy atom. The van der Waals surface area contributed by atoms with E-state index in [1.54, 1.807) is 11.3 Å². The molecule has 0 atom stereocenters. The van der Waals surface area contributed by atoms with Gasteiger partial charge in [-0.3, -0.25) is 5.43 Å². The molecule has 0 saturated carbocycles. The van der Waals surface area contributed by atoms with Gasteiger partial charge in [0.2, 0.25) is 5.95 Å². The van der Waals surface area contributed by atoms with Crippen LogP contribution in [0.3, 0.4) is 0 Å². The van der Waals surface area contributed by atoms with Crippen LogP contribution >= 0.6 is 11.3 Å². The molecule has 1 aliphatic heterocycles. The molecule has 4 rings (SSSR count). The number of anilines is 1. The third-order valence-corrected chi connectivity index (χ3v) is 5.45. The van der Waals surface area contributed by atoms with Crippen LogP contribution in [0.25, 0.3) is 21.3 Å². The van der Waals surface area contributed by atoms with E-state index in [2.05, 4.69) is 68.9 Å². The number of hydrazine groups is 1. The minimum absolute atomic E-state index is 0.673. The fourth-order valence-corrected chi connectivity index (χ4v) is 3.78. The number of likely N-dealkylation sites (N-methyl/N-ethyl adjacent to an activating group) is 1. The van der Waals surface area contributed by atoms with E-state index in [1.807, 2.05) is 6.20 Å². The van der Waals surface area contributed by atoms with E-state index in [-0.39, 0.29) is 0 Å². The summed E-state index contributed by atoms with van der Waals surface area (Å²) in [5.74, 6) is 0.673. The minimum atomic E-state index is 0.673. The summed E-state index contributed by atoms with van der Waals surface area (Å²) < 4.78 is 0. The number of hydrogen-bond donors (Lipinski definition) is 1. The molecule has 6 heteroatoms. The highest BCUT2D eigenvalue weighted by atomic mass is 32.1. The second-order valence-electron chi connectivity index (χ2n) is 6.36. The van der Waals surface area contributed by atoms with E-state index in [9.17, 15) is 0 Å². The Hall–Kier alpha value is -2.02. The highest BCUT2D eigenvalue weighted by Gasteiger charge is 2.14. The highest BCUT2D eigenvalue weighted by molar-refractivity contribution is 7.13. The van der Waals surface area contributed by atoms with Gasteiger partial charge in [0.15, 0.2) is 0 Å². The van der Waals surface area contributed by atoms with Crippen molar-refractivity contribution in [2.45, 2.75) is 6.92 Å². The Kier molecular flexibility index (Phi) is 4.18. The second kappa shape index (κ2) is 6.47. The molecule has 1 aliphatic rings. The number of rotatable bonds is 3. The van der Waals surface area contributed by atoms with E-state index in [0.717, 1.165) is 37.1 Å². The summed E-state index contributed by atoms with van der Waals surface area (Å²) in [7, 11) is 2.15. The van der Waals surface area contributed by atoms with Gasteiger partial charge < -0.3 is 4.90 Å². The SMILES string of the molecule is Cc1csc(-c2ccc3nc(NN4CCN(C)CC4)ncc3c2)c1. The lowest BCUT2D eigenvalue weighted by molar-refractivity contribution is 0.178. The first-order valence-electron chi connectivity index (χ1n) is 8.20. The fourth-order valence-electron chi connectivity index (χ4n) is 2.88. The normalized spacial score (nSPS) is 16.6. The largest absolute Gasteiger partial charge is 0.304 e. The molecule has 0 bridgehead atoms. The van der Waals surface area contributed by atoms with Gasteiger partial charge in [0, 0.05) is 42.6 Å². The molecule has 1 N–H and O–H groups in total. The number of hydrogen-bond acceptors (Lipinski definition) is 6. The van der Waals surface area contributed by atoms with Crippen LogP contribution in [0.2, 0.25) is 0 Å². The maximum atomic E-state index is 4.65. The number of aryl methyl sites for hydroxylation is 1. The topological polar surface area (TPSA) is 44.3 Å².